The zero-order chi connectivity index (χ0) is 20.4. The molecule has 0 radical (unpaired) electrons. The number of para-hydroxylation sites is 1. The number of rotatable bonds is 6. The SMILES string of the molecule is COc1cn(-c2ccccc2)nc1C(=O)OCC(=O)N[C@@]1(C)CCS(=O)(=O)C1. The maximum atomic E-state index is 12.3. The number of carbonyl (C=O) groups is 2. The van der Waals surface area contributed by atoms with E-state index in [-0.39, 0.29) is 22.9 Å². The molecule has 0 unspecified atom stereocenters. The van der Waals surface area contributed by atoms with Crippen LogP contribution in [0.2, 0.25) is 0 Å². The fourth-order valence-electron chi connectivity index (χ4n) is 3.04. The number of amides is 1. The van der Waals surface area contributed by atoms with Crippen molar-refractivity contribution in [3.8, 4) is 11.4 Å². The lowest BCUT2D eigenvalue weighted by atomic mass is 10.0. The second-order valence-electron chi connectivity index (χ2n) is 6.85. The van der Waals surface area contributed by atoms with E-state index in [4.69, 9.17) is 9.47 Å². The summed E-state index contributed by atoms with van der Waals surface area (Å²) in [7, 11) is -1.76. The van der Waals surface area contributed by atoms with Crippen molar-refractivity contribution in [1.29, 1.82) is 0 Å². The van der Waals surface area contributed by atoms with E-state index in [1.54, 1.807) is 6.92 Å². The number of hydrogen-bond donors (Lipinski definition) is 1. The van der Waals surface area contributed by atoms with Crippen LogP contribution in [0.3, 0.4) is 0 Å². The van der Waals surface area contributed by atoms with Crippen LogP contribution < -0.4 is 10.1 Å². The van der Waals surface area contributed by atoms with E-state index >= 15 is 0 Å². The third-order valence-electron chi connectivity index (χ3n) is 4.39. The second-order valence-corrected chi connectivity index (χ2v) is 9.04. The minimum atomic E-state index is -3.16. The topological polar surface area (TPSA) is 117 Å². The van der Waals surface area contributed by atoms with Gasteiger partial charge < -0.3 is 14.8 Å². The molecule has 0 spiro atoms. The summed E-state index contributed by atoms with van der Waals surface area (Å²) >= 11 is 0. The molecule has 0 aliphatic carbocycles. The van der Waals surface area contributed by atoms with Gasteiger partial charge in [-0.1, -0.05) is 18.2 Å². The third kappa shape index (κ3) is 4.50. The zero-order valence-electron chi connectivity index (χ0n) is 15.5. The Morgan fingerprint density at radius 3 is 2.61 bits per heavy atom. The van der Waals surface area contributed by atoms with E-state index < -0.39 is 33.9 Å². The number of aromatic nitrogens is 2. The highest BCUT2D eigenvalue weighted by Crippen LogP contribution is 2.23. The molecule has 1 N–H and O–H groups in total. The first-order valence-electron chi connectivity index (χ1n) is 8.59. The lowest BCUT2D eigenvalue weighted by molar-refractivity contribution is -0.125. The minimum Gasteiger partial charge on any atom is -0.493 e. The van der Waals surface area contributed by atoms with Crippen molar-refractivity contribution in [3.63, 3.8) is 0 Å². The van der Waals surface area contributed by atoms with Gasteiger partial charge >= 0.3 is 5.97 Å². The van der Waals surface area contributed by atoms with Crippen LogP contribution in [0.1, 0.15) is 23.8 Å². The molecule has 150 valence electrons. The molecule has 10 heteroatoms. The first-order chi connectivity index (χ1) is 13.2. The highest BCUT2D eigenvalue weighted by molar-refractivity contribution is 7.91. The molecule has 1 aliphatic rings. The summed E-state index contributed by atoms with van der Waals surface area (Å²) in [6, 6.07) is 9.13. The van der Waals surface area contributed by atoms with Crippen LogP contribution in [0.15, 0.2) is 36.5 Å². The maximum Gasteiger partial charge on any atom is 0.363 e. The highest BCUT2D eigenvalue weighted by Gasteiger charge is 2.39. The summed E-state index contributed by atoms with van der Waals surface area (Å²) in [5.74, 6) is -1.28. The number of methoxy groups -OCH3 is 1. The molecule has 1 amide bonds. The van der Waals surface area contributed by atoms with E-state index in [1.165, 1.54) is 18.0 Å². The van der Waals surface area contributed by atoms with Gasteiger partial charge in [0.2, 0.25) is 5.69 Å². The molecular weight excluding hydrogens is 386 g/mol. The molecule has 1 aliphatic heterocycles. The number of hydrogen-bond acceptors (Lipinski definition) is 7. The molecule has 9 nitrogen and oxygen atoms in total. The molecule has 1 saturated heterocycles. The molecule has 2 aromatic rings. The summed E-state index contributed by atoms with van der Waals surface area (Å²) in [4.78, 5) is 24.4. The Morgan fingerprint density at radius 1 is 1.29 bits per heavy atom. The number of nitrogens with zero attached hydrogens (tertiary/aromatic N) is 2. The van der Waals surface area contributed by atoms with Gasteiger partial charge in [0, 0.05) is 0 Å². The van der Waals surface area contributed by atoms with Gasteiger partial charge in [0.25, 0.3) is 5.91 Å². The summed E-state index contributed by atoms with van der Waals surface area (Å²) < 4.78 is 34.9. The standard InChI is InChI=1S/C18H21N3O6S/c1-18(8-9-28(24,25)12-18)19-15(22)11-27-17(23)16-14(26-2)10-21(20-16)13-6-4-3-5-7-13/h3-7,10H,8-9,11-12H2,1-2H3,(H,19,22)/t18-/m0/s1. The van der Waals surface area contributed by atoms with Crippen LogP contribution in [0.5, 0.6) is 5.75 Å². The lowest BCUT2D eigenvalue weighted by Gasteiger charge is -2.23. The van der Waals surface area contributed by atoms with Crippen molar-refractivity contribution in [2.45, 2.75) is 18.9 Å². The van der Waals surface area contributed by atoms with Gasteiger partial charge in [-0.15, -0.1) is 0 Å². The molecule has 1 atom stereocenters. The predicted molar refractivity (Wildman–Crippen MR) is 100 cm³/mol. The van der Waals surface area contributed by atoms with E-state index in [0.29, 0.717) is 6.42 Å². The van der Waals surface area contributed by atoms with E-state index in [0.717, 1.165) is 5.69 Å². The van der Waals surface area contributed by atoms with Gasteiger partial charge in [-0.2, -0.15) is 5.10 Å². The maximum absolute atomic E-state index is 12.3. The Balaban J connectivity index is 1.63. The average Bonchev–Trinajstić information content (AvgIpc) is 3.21. The quantitative estimate of drug-likeness (QED) is 0.702. The Bertz CT molecular complexity index is 986. The van der Waals surface area contributed by atoms with Gasteiger partial charge in [0.1, 0.15) is 0 Å². The van der Waals surface area contributed by atoms with Crippen LogP contribution in [0.25, 0.3) is 5.69 Å². The fraction of sp³-hybridized carbons (Fsp3) is 0.389. The number of nitrogens with one attached hydrogen (secondary N) is 1. The van der Waals surface area contributed by atoms with Crippen molar-refractivity contribution < 1.29 is 27.5 Å². The smallest absolute Gasteiger partial charge is 0.363 e. The zero-order valence-corrected chi connectivity index (χ0v) is 16.4. The molecule has 1 fully saturated rings. The fourth-order valence-corrected chi connectivity index (χ4v) is 5.14. The molecule has 28 heavy (non-hydrogen) atoms. The highest BCUT2D eigenvalue weighted by atomic mass is 32.2. The number of sulfone groups is 1. The monoisotopic (exact) mass is 407 g/mol. The minimum absolute atomic E-state index is 0.0255. The normalized spacial score (nSPS) is 20.5. The van der Waals surface area contributed by atoms with Gasteiger partial charge in [-0.05, 0) is 25.5 Å². The van der Waals surface area contributed by atoms with Crippen molar-refractivity contribution in [2.75, 3.05) is 25.2 Å². The number of ether oxygens (including phenoxy) is 2. The first kappa shape index (κ1) is 19.9. The van der Waals surface area contributed by atoms with Crippen LogP contribution in [0, 0.1) is 0 Å². The van der Waals surface area contributed by atoms with Crippen LogP contribution >= 0.6 is 0 Å². The van der Waals surface area contributed by atoms with Gasteiger partial charge in [0.05, 0.1) is 36.0 Å². The third-order valence-corrected chi connectivity index (χ3v) is 6.30. The van der Waals surface area contributed by atoms with E-state index in [2.05, 4.69) is 10.4 Å². The molecule has 0 saturated carbocycles. The summed E-state index contributed by atoms with van der Waals surface area (Å²) in [5.41, 5.74) is -0.184. The van der Waals surface area contributed by atoms with Crippen molar-refractivity contribution in [1.82, 2.24) is 15.1 Å². The van der Waals surface area contributed by atoms with Gasteiger partial charge in [0.15, 0.2) is 22.2 Å². The number of benzene rings is 1. The summed E-state index contributed by atoms with van der Waals surface area (Å²) in [5, 5.41) is 6.80. The molecular formula is C18H21N3O6S. The van der Waals surface area contributed by atoms with Crippen molar-refractivity contribution in [3.05, 3.63) is 42.2 Å². The molecule has 3 rings (SSSR count). The number of esters is 1. The average molecular weight is 407 g/mol. The summed E-state index contributed by atoms with van der Waals surface area (Å²) in [6.07, 6.45) is 1.86. The summed E-state index contributed by atoms with van der Waals surface area (Å²) in [6.45, 7) is 1.11. The van der Waals surface area contributed by atoms with Crippen LogP contribution in [0.4, 0.5) is 0 Å². The Kier molecular flexibility index (Phi) is 5.41. The molecule has 0 bridgehead atoms. The Hall–Kier alpha value is -2.88. The molecule has 2 heterocycles. The number of carbonyl (C=O) groups excluding carboxylic acids is 2. The van der Waals surface area contributed by atoms with E-state index in [1.807, 2.05) is 30.3 Å². The first-order valence-corrected chi connectivity index (χ1v) is 10.4. The van der Waals surface area contributed by atoms with Gasteiger partial charge in [-0.3, -0.25) is 4.79 Å². The van der Waals surface area contributed by atoms with E-state index in [9.17, 15) is 18.0 Å². The second kappa shape index (κ2) is 7.63. The van der Waals surface area contributed by atoms with Crippen LogP contribution in [-0.4, -0.2) is 60.8 Å². The largest absolute Gasteiger partial charge is 0.493 e. The predicted octanol–water partition coefficient (Wildman–Crippen LogP) is 0.731. The van der Waals surface area contributed by atoms with Crippen molar-refractivity contribution >= 4 is 21.7 Å². The molecule has 1 aromatic carbocycles. The lowest BCUT2D eigenvalue weighted by Crippen LogP contribution is -2.48. The Labute approximate surface area is 162 Å². The molecule has 1 aromatic heterocycles. The van der Waals surface area contributed by atoms with Crippen molar-refractivity contribution in [2.24, 2.45) is 0 Å². The Morgan fingerprint density at radius 2 is 2.00 bits per heavy atom. The van der Waals surface area contributed by atoms with Crippen LogP contribution in [-0.2, 0) is 19.4 Å². The van der Waals surface area contributed by atoms with Gasteiger partial charge in [-0.25, -0.2) is 17.9 Å².